The topological polar surface area (TPSA) is 66.5 Å². The lowest BCUT2D eigenvalue weighted by Gasteiger charge is -2.26. The minimum atomic E-state index is -0.760. The SMILES string of the molecule is CCC(C)NC(=O)C(CCSC)N1C(=O)c2ccccc2C1=O. The van der Waals surface area contributed by atoms with E-state index in [9.17, 15) is 14.4 Å². The number of rotatable bonds is 7. The second kappa shape index (κ2) is 7.64. The predicted octanol–water partition coefficient (Wildman–Crippen LogP) is 2.32. The van der Waals surface area contributed by atoms with Crippen LogP contribution in [0.5, 0.6) is 0 Å². The van der Waals surface area contributed by atoms with Crippen LogP contribution in [0, 0.1) is 0 Å². The van der Waals surface area contributed by atoms with Gasteiger partial charge in [0.05, 0.1) is 11.1 Å². The second-order valence-electron chi connectivity index (χ2n) is 5.64. The van der Waals surface area contributed by atoms with Crippen molar-refractivity contribution in [3.05, 3.63) is 35.4 Å². The molecule has 23 heavy (non-hydrogen) atoms. The van der Waals surface area contributed by atoms with Gasteiger partial charge in [-0.25, -0.2) is 0 Å². The third kappa shape index (κ3) is 3.58. The van der Waals surface area contributed by atoms with Crippen LogP contribution in [0.3, 0.4) is 0 Å². The van der Waals surface area contributed by atoms with Crippen LogP contribution in [-0.4, -0.2) is 46.7 Å². The average Bonchev–Trinajstić information content (AvgIpc) is 2.80. The van der Waals surface area contributed by atoms with Crippen LogP contribution in [0.1, 0.15) is 47.4 Å². The fourth-order valence-corrected chi connectivity index (χ4v) is 3.00. The molecule has 6 heteroatoms. The molecule has 2 atom stereocenters. The van der Waals surface area contributed by atoms with Gasteiger partial charge in [-0.15, -0.1) is 0 Å². The summed E-state index contributed by atoms with van der Waals surface area (Å²) in [6.07, 6.45) is 3.18. The molecule has 2 unspecified atom stereocenters. The quantitative estimate of drug-likeness (QED) is 0.777. The molecule has 0 aliphatic carbocycles. The number of nitrogens with zero attached hydrogens (tertiary/aromatic N) is 1. The van der Waals surface area contributed by atoms with E-state index in [-0.39, 0.29) is 23.8 Å². The molecule has 1 aliphatic rings. The fraction of sp³-hybridized carbons (Fsp3) is 0.471. The summed E-state index contributed by atoms with van der Waals surface area (Å²) >= 11 is 1.59. The molecule has 0 radical (unpaired) electrons. The van der Waals surface area contributed by atoms with Crippen LogP contribution in [0.15, 0.2) is 24.3 Å². The predicted molar refractivity (Wildman–Crippen MR) is 91.6 cm³/mol. The van der Waals surface area contributed by atoms with E-state index in [0.29, 0.717) is 23.3 Å². The third-order valence-electron chi connectivity index (χ3n) is 4.04. The lowest BCUT2D eigenvalue weighted by molar-refractivity contribution is -0.125. The van der Waals surface area contributed by atoms with Crippen molar-refractivity contribution in [2.75, 3.05) is 12.0 Å². The largest absolute Gasteiger partial charge is 0.352 e. The van der Waals surface area contributed by atoms with E-state index in [1.165, 1.54) is 0 Å². The summed E-state index contributed by atoms with van der Waals surface area (Å²) in [4.78, 5) is 38.9. The Hall–Kier alpha value is -1.82. The van der Waals surface area contributed by atoms with Gasteiger partial charge in [-0.05, 0) is 43.9 Å². The van der Waals surface area contributed by atoms with Gasteiger partial charge in [0.15, 0.2) is 0 Å². The number of amides is 3. The van der Waals surface area contributed by atoms with E-state index in [1.807, 2.05) is 20.1 Å². The van der Waals surface area contributed by atoms with Gasteiger partial charge in [0.2, 0.25) is 5.91 Å². The van der Waals surface area contributed by atoms with Gasteiger partial charge in [0.1, 0.15) is 6.04 Å². The molecule has 2 rings (SSSR count). The summed E-state index contributed by atoms with van der Waals surface area (Å²) in [6.45, 7) is 3.88. The van der Waals surface area contributed by atoms with Crippen molar-refractivity contribution in [2.24, 2.45) is 0 Å². The van der Waals surface area contributed by atoms with Crippen molar-refractivity contribution in [2.45, 2.75) is 38.8 Å². The molecule has 0 saturated heterocycles. The van der Waals surface area contributed by atoms with Crippen molar-refractivity contribution in [3.8, 4) is 0 Å². The highest BCUT2D eigenvalue weighted by molar-refractivity contribution is 7.98. The highest BCUT2D eigenvalue weighted by Crippen LogP contribution is 2.26. The van der Waals surface area contributed by atoms with Crippen molar-refractivity contribution in [1.82, 2.24) is 10.2 Å². The summed E-state index contributed by atoms with van der Waals surface area (Å²) < 4.78 is 0. The molecular formula is C17H22N2O3S. The number of carbonyl (C=O) groups excluding carboxylic acids is 3. The summed E-state index contributed by atoms with van der Waals surface area (Å²) in [7, 11) is 0. The van der Waals surface area contributed by atoms with Gasteiger partial charge in [0.25, 0.3) is 11.8 Å². The first-order valence-electron chi connectivity index (χ1n) is 7.77. The third-order valence-corrected chi connectivity index (χ3v) is 4.68. The maximum atomic E-state index is 12.6. The first kappa shape index (κ1) is 17.5. The van der Waals surface area contributed by atoms with Gasteiger partial charge >= 0.3 is 0 Å². The van der Waals surface area contributed by atoms with Crippen LogP contribution in [0.2, 0.25) is 0 Å². The van der Waals surface area contributed by atoms with Crippen LogP contribution in [0.25, 0.3) is 0 Å². The molecule has 1 N–H and O–H groups in total. The molecule has 0 bridgehead atoms. The van der Waals surface area contributed by atoms with Crippen LogP contribution >= 0.6 is 11.8 Å². The highest BCUT2D eigenvalue weighted by Gasteiger charge is 2.42. The van der Waals surface area contributed by atoms with Gasteiger partial charge in [-0.3, -0.25) is 19.3 Å². The van der Waals surface area contributed by atoms with Gasteiger partial charge in [-0.2, -0.15) is 11.8 Å². The standard InChI is InChI=1S/C17H22N2O3S/c1-4-11(2)18-15(20)14(9-10-23-3)19-16(21)12-7-5-6-8-13(12)17(19)22/h5-8,11,14H,4,9-10H2,1-3H3,(H,18,20). The molecule has 0 aromatic heterocycles. The Morgan fingerprint density at radius 3 is 2.26 bits per heavy atom. The van der Waals surface area contributed by atoms with Crippen molar-refractivity contribution in [3.63, 3.8) is 0 Å². The number of nitrogens with one attached hydrogen (secondary N) is 1. The van der Waals surface area contributed by atoms with Crippen LogP contribution in [0.4, 0.5) is 0 Å². The minimum absolute atomic E-state index is 0.00876. The van der Waals surface area contributed by atoms with Crippen molar-refractivity contribution in [1.29, 1.82) is 0 Å². The van der Waals surface area contributed by atoms with E-state index >= 15 is 0 Å². The van der Waals surface area contributed by atoms with E-state index < -0.39 is 6.04 Å². The molecule has 0 fully saturated rings. The zero-order valence-electron chi connectivity index (χ0n) is 13.7. The number of imide groups is 1. The zero-order chi connectivity index (χ0) is 17.0. The Morgan fingerprint density at radius 1 is 1.22 bits per heavy atom. The first-order valence-corrected chi connectivity index (χ1v) is 9.16. The number of benzene rings is 1. The van der Waals surface area contributed by atoms with Crippen molar-refractivity contribution >= 4 is 29.5 Å². The Morgan fingerprint density at radius 2 is 1.78 bits per heavy atom. The molecular weight excluding hydrogens is 312 g/mol. The summed E-state index contributed by atoms with van der Waals surface area (Å²) in [5.41, 5.74) is 0.756. The van der Waals surface area contributed by atoms with Crippen molar-refractivity contribution < 1.29 is 14.4 Å². The molecule has 1 aromatic rings. The van der Waals surface area contributed by atoms with Gasteiger partial charge in [0, 0.05) is 6.04 Å². The maximum Gasteiger partial charge on any atom is 0.262 e. The zero-order valence-corrected chi connectivity index (χ0v) is 14.5. The Labute approximate surface area is 140 Å². The monoisotopic (exact) mass is 334 g/mol. The summed E-state index contributed by atoms with van der Waals surface area (Å²) in [5.74, 6) is -0.318. The molecule has 124 valence electrons. The van der Waals surface area contributed by atoms with Gasteiger partial charge < -0.3 is 5.32 Å². The second-order valence-corrected chi connectivity index (χ2v) is 6.63. The summed E-state index contributed by atoms with van der Waals surface area (Å²) in [5, 5.41) is 2.89. The Balaban J connectivity index is 2.28. The molecule has 0 spiro atoms. The molecule has 5 nitrogen and oxygen atoms in total. The maximum absolute atomic E-state index is 12.6. The van der Waals surface area contributed by atoms with E-state index in [0.717, 1.165) is 11.3 Å². The number of fused-ring (bicyclic) bond motifs is 1. The van der Waals surface area contributed by atoms with Gasteiger partial charge in [-0.1, -0.05) is 19.1 Å². The first-order chi connectivity index (χ1) is 11.0. The highest BCUT2D eigenvalue weighted by atomic mass is 32.2. The lowest BCUT2D eigenvalue weighted by atomic mass is 10.1. The molecule has 3 amide bonds. The molecule has 1 aromatic carbocycles. The van der Waals surface area contributed by atoms with Crippen LogP contribution < -0.4 is 5.32 Å². The fourth-order valence-electron chi connectivity index (χ4n) is 2.54. The smallest absolute Gasteiger partial charge is 0.262 e. The number of carbonyl (C=O) groups is 3. The normalized spacial score (nSPS) is 16.2. The Bertz CT molecular complexity index is 583. The number of hydrogen-bond acceptors (Lipinski definition) is 4. The number of thioether (sulfide) groups is 1. The molecule has 0 saturated carbocycles. The van der Waals surface area contributed by atoms with E-state index in [2.05, 4.69) is 5.32 Å². The average molecular weight is 334 g/mol. The minimum Gasteiger partial charge on any atom is -0.352 e. The molecule has 1 aliphatic heterocycles. The summed E-state index contributed by atoms with van der Waals surface area (Å²) in [6, 6.07) is 5.97. The molecule has 1 heterocycles. The van der Waals surface area contributed by atoms with E-state index in [1.54, 1.807) is 36.0 Å². The van der Waals surface area contributed by atoms with E-state index in [4.69, 9.17) is 0 Å². The Kier molecular flexibility index (Phi) is 5.82. The number of hydrogen-bond donors (Lipinski definition) is 1. The lowest BCUT2D eigenvalue weighted by Crippen LogP contribution is -2.51. The van der Waals surface area contributed by atoms with Crippen LogP contribution in [-0.2, 0) is 4.79 Å².